The molecule has 3 aromatic rings. The van der Waals surface area contributed by atoms with Crippen LogP contribution in [0.25, 0.3) is 17.0 Å². The number of aromatic nitrogens is 1. The Kier molecular flexibility index (Phi) is 5.53. The average Bonchev–Trinajstić information content (AvgIpc) is 2.77. The monoisotopic (exact) mass is 388 g/mol. The van der Waals surface area contributed by atoms with Gasteiger partial charge in [0.15, 0.2) is 0 Å². The number of para-hydroxylation sites is 1. The minimum Gasteiger partial charge on any atom is -0.337 e. The molecule has 0 atom stereocenters. The van der Waals surface area contributed by atoms with E-state index >= 15 is 0 Å². The lowest BCUT2D eigenvalue weighted by Gasteiger charge is -2.26. The van der Waals surface area contributed by atoms with Gasteiger partial charge in [-0.2, -0.15) is 11.8 Å². The first-order chi connectivity index (χ1) is 13.7. The van der Waals surface area contributed by atoms with Gasteiger partial charge in [0.1, 0.15) is 5.69 Å². The first kappa shape index (κ1) is 18.4. The number of rotatable bonds is 4. The van der Waals surface area contributed by atoms with Gasteiger partial charge in [0.05, 0.1) is 5.52 Å². The van der Waals surface area contributed by atoms with E-state index in [9.17, 15) is 9.59 Å². The first-order valence-electron chi connectivity index (χ1n) is 9.26. The first-order valence-corrected chi connectivity index (χ1v) is 10.4. The number of allylic oxidation sites excluding steroid dienone is 1. The molecule has 28 heavy (non-hydrogen) atoms. The molecule has 1 amide bonds. The highest BCUT2D eigenvalue weighted by atomic mass is 32.2. The molecule has 0 saturated carbocycles. The number of hydrogen-bond donors (Lipinski definition) is 0. The fourth-order valence-corrected chi connectivity index (χ4v) is 4.05. The Morgan fingerprint density at radius 1 is 0.929 bits per heavy atom. The van der Waals surface area contributed by atoms with Crippen LogP contribution < -0.4 is 0 Å². The molecule has 4 nitrogen and oxygen atoms in total. The lowest BCUT2D eigenvalue weighted by molar-refractivity contribution is 0.0772. The molecule has 5 heteroatoms. The Balaban J connectivity index is 1.44. The van der Waals surface area contributed by atoms with Crippen LogP contribution >= 0.6 is 11.8 Å². The van der Waals surface area contributed by atoms with Crippen molar-refractivity contribution in [3.63, 3.8) is 0 Å². The van der Waals surface area contributed by atoms with E-state index in [4.69, 9.17) is 0 Å². The summed E-state index contributed by atoms with van der Waals surface area (Å²) in [5.74, 6) is 1.93. The second kappa shape index (κ2) is 8.40. The molecule has 1 aliphatic rings. The minimum atomic E-state index is -0.142. The molecule has 0 radical (unpaired) electrons. The summed E-state index contributed by atoms with van der Waals surface area (Å²) in [4.78, 5) is 31.3. The molecular weight excluding hydrogens is 368 g/mol. The maximum Gasteiger partial charge on any atom is 0.253 e. The molecule has 0 spiro atoms. The molecule has 1 fully saturated rings. The largest absolute Gasteiger partial charge is 0.337 e. The smallest absolute Gasteiger partial charge is 0.253 e. The highest BCUT2D eigenvalue weighted by molar-refractivity contribution is 7.99. The SMILES string of the molecule is O=C(C=Cc1ccc(C(=O)N2CCSCC2)cc1)c1ccc2ccccc2n1. The summed E-state index contributed by atoms with van der Waals surface area (Å²) < 4.78 is 0. The number of ketones is 1. The van der Waals surface area contributed by atoms with Crippen LogP contribution in [0.15, 0.2) is 66.7 Å². The Bertz CT molecular complexity index is 1040. The van der Waals surface area contributed by atoms with Gasteiger partial charge in [-0.15, -0.1) is 0 Å². The van der Waals surface area contributed by atoms with Crippen molar-refractivity contribution >= 4 is 40.4 Å². The number of amides is 1. The fraction of sp³-hybridized carbons (Fsp3) is 0.174. The molecule has 2 aromatic carbocycles. The Morgan fingerprint density at radius 2 is 1.68 bits per heavy atom. The predicted octanol–water partition coefficient (Wildman–Crippen LogP) is 4.32. The van der Waals surface area contributed by atoms with Crippen LogP contribution in [0.4, 0.5) is 0 Å². The van der Waals surface area contributed by atoms with Crippen molar-refractivity contribution in [3.8, 4) is 0 Å². The van der Waals surface area contributed by atoms with Crippen LogP contribution in [0.3, 0.4) is 0 Å². The molecule has 1 saturated heterocycles. The molecule has 1 aliphatic heterocycles. The van der Waals surface area contributed by atoms with Gasteiger partial charge in [-0.1, -0.05) is 42.5 Å². The van der Waals surface area contributed by atoms with Crippen LogP contribution in [0.5, 0.6) is 0 Å². The quantitative estimate of drug-likeness (QED) is 0.493. The van der Waals surface area contributed by atoms with Crippen molar-refractivity contribution < 1.29 is 9.59 Å². The molecule has 2 heterocycles. The summed E-state index contributed by atoms with van der Waals surface area (Å²) >= 11 is 1.88. The fourth-order valence-electron chi connectivity index (χ4n) is 3.15. The normalized spacial score (nSPS) is 14.5. The van der Waals surface area contributed by atoms with Gasteiger partial charge in [0, 0.05) is 35.5 Å². The summed E-state index contributed by atoms with van der Waals surface area (Å²) in [6.07, 6.45) is 3.28. The number of hydrogen-bond acceptors (Lipinski definition) is 4. The number of nitrogens with zero attached hydrogens (tertiary/aromatic N) is 2. The summed E-state index contributed by atoms with van der Waals surface area (Å²) in [6, 6.07) is 18.7. The van der Waals surface area contributed by atoms with E-state index in [1.807, 2.05) is 71.3 Å². The highest BCUT2D eigenvalue weighted by Gasteiger charge is 2.17. The van der Waals surface area contributed by atoms with Crippen molar-refractivity contribution in [2.75, 3.05) is 24.6 Å². The molecule has 4 rings (SSSR count). The maximum absolute atomic E-state index is 12.5. The van der Waals surface area contributed by atoms with E-state index in [2.05, 4.69) is 4.98 Å². The number of thioether (sulfide) groups is 1. The van der Waals surface area contributed by atoms with Crippen LogP contribution in [0.1, 0.15) is 26.4 Å². The van der Waals surface area contributed by atoms with E-state index < -0.39 is 0 Å². The number of carbonyl (C=O) groups excluding carboxylic acids is 2. The van der Waals surface area contributed by atoms with E-state index in [1.165, 1.54) is 6.08 Å². The van der Waals surface area contributed by atoms with Gasteiger partial charge in [-0.25, -0.2) is 4.98 Å². The number of pyridine rings is 1. The summed E-state index contributed by atoms with van der Waals surface area (Å²) in [5, 5.41) is 1.01. The molecule has 140 valence electrons. The van der Waals surface area contributed by atoms with Gasteiger partial charge in [-0.05, 0) is 35.9 Å². The third kappa shape index (κ3) is 4.15. The number of fused-ring (bicyclic) bond motifs is 1. The summed E-state index contributed by atoms with van der Waals surface area (Å²) in [7, 11) is 0. The summed E-state index contributed by atoms with van der Waals surface area (Å²) in [6.45, 7) is 1.61. The molecule has 0 N–H and O–H groups in total. The molecule has 0 aliphatic carbocycles. The zero-order valence-corrected chi connectivity index (χ0v) is 16.2. The van der Waals surface area contributed by atoms with Crippen molar-refractivity contribution in [2.24, 2.45) is 0 Å². The highest BCUT2D eigenvalue weighted by Crippen LogP contribution is 2.15. The van der Waals surface area contributed by atoms with E-state index in [0.717, 1.165) is 41.1 Å². The van der Waals surface area contributed by atoms with Gasteiger partial charge in [0.2, 0.25) is 5.78 Å². The van der Waals surface area contributed by atoms with Gasteiger partial charge in [-0.3, -0.25) is 9.59 Å². The zero-order chi connectivity index (χ0) is 19.3. The van der Waals surface area contributed by atoms with Crippen molar-refractivity contribution in [2.45, 2.75) is 0 Å². The van der Waals surface area contributed by atoms with E-state index in [-0.39, 0.29) is 11.7 Å². The van der Waals surface area contributed by atoms with E-state index in [1.54, 1.807) is 12.1 Å². The van der Waals surface area contributed by atoms with Crippen LogP contribution in [0, 0.1) is 0 Å². The maximum atomic E-state index is 12.5. The van der Waals surface area contributed by atoms with Gasteiger partial charge < -0.3 is 4.90 Å². The average molecular weight is 388 g/mol. The summed E-state index contributed by atoms with van der Waals surface area (Å²) in [5.41, 5.74) is 2.79. The molecule has 0 bridgehead atoms. The number of benzene rings is 2. The Hall–Kier alpha value is -2.92. The predicted molar refractivity (Wildman–Crippen MR) is 115 cm³/mol. The third-order valence-electron chi connectivity index (χ3n) is 4.73. The van der Waals surface area contributed by atoms with Crippen LogP contribution in [-0.2, 0) is 0 Å². The lowest BCUT2D eigenvalue weighted by atomic mass is 10.1. The van der Waals surface area contributed by atoms with E-state index in [0.29, 0.717) is 11.3 Å². The second-order valence-corrected chi connectivity index (χ2v) is 7.84. The Morgan fingerprint density at radius 3 is 2.46 bits per heavy atom. The lowest BCUT2D eigenvalue weighted by Crippen LogP contribution is -2.37. The zero-order valence-electron chi connectivity index (χ0n) is 15.4. The molecular formula is C23H20N2O2S. The second-order valence-electron chi connectivity index (χ2n) is 6.61. The standard InChI is InChI=1S/C23H20N2O2S/c26-22(21-11-10-18-3-1-2-4-20(18)24-21)12-7-17-5-8-19(9-6-17)23(27)25-13-15-28-16-14-25/h1-12H,13-16H2. The van der Waals surface area contributed by atoms with Gasteiger partial charge in [0.25, 0.3) is 5.91 Å². The Labute approximate surface area is 168 Å². The third-order valence-corrected chi connectivity index (χ3v) is 5.68. The van der Waals surface area contributed by atoms with Crippen molar-refractivity contribution in [1.29, 1.82) is 0 Å². The number of carbonyl (C=O) groups is 2. The topological polar surface area (TPSA) is 50.3 Å². The minimum absolute atomic E-state index is 0.0762. The molecule has 1 aromatic heterocycles. The van der Waals surface area contributed by atoms with Gasteiger partial charge >= 0.3 is 0 Å². The van der Waals surface area contributed by atoms with Crippen molar-refractivity contribution in [1.82, 2.24) is 9.88 Å². The van der Waals surface area contributed by atoms with Crippen molar-refractivity contribution in [3.05, 3.63) is 83.6 Å². The van der Waals surface area contributed by atoms with Crippen LogP contribution in [-0.4, -0.2) is 46.2 Å². The van der Waals surface area contributed by atoms with Crippen LogP contribution in [0.2, 0.25) is 0 Å². The molecule has 0 unspecified atom stereocenters.